The number of nitrogens with one attached hydrogen (secondary N) is 2. The Hall–Kier alpha value is -2.29. The molecule has 7 nitrogen and oxygen atoms in total. The average Bonchev–Trinajstić information content (AvgIpc) is 3.16. The first-order valence-electron chi connectivity index (χ1n) is 10.1. The molecule has 1 aromatic carbocycles. The SMILES string of the molecule is CN1CCN(CCCCNC(=O)Cc2csc(NC(=O)c3ccccc3)n2)CC1. The molecule has 0 atom stereocenters. The molecule has 1 aliphatic heterocycles. The molecule has 1 aliphatic rings. The quantitative estimate of drug-likeness (QED) is 0.613. The van der Waals surface area contributed by atoms with Gasteiger partial charge in [-0.1, -0.05) is 18.2 Å². The van der Waals surface area contributed by atoms with E-state index in [2.05, 4.69) is 32.5 Å². The Morgan fingerprint density at radius 3 is 2.62 bits per heavy atom. The van der Waals surface area contributed by atoms with E-state index < -0.39 is 0 Å². The van der Waals surface area contributed by atoms with Crippen molar-refractivity contribution in [2.45, 2.75) is 19.3 Å². The number of carbonyl (C=O) groups excluding carboxylic acids is 2. The number of amides is 2. The second-order valence-corrected chi connectivity index (χ2v) is 8.20. The molecule has 8 heteroatoms. The van der Waals surface area contributed by atoms with Crippen molar-refractivity contribution in [3.05, 3.63) is 47.0 Å². The van der Waals surface area contributed by atoms with Gasteiger partial charge in [-0.2, -0.15) is 0 Å². The lowest BCUT2D eigenvalue weighted by atomic mass is 10.2. The minimum atomic E-state index is -0.198. The molecule has 0 unspecified atom stereocenters. The van der Waals surface area contributed by atoms with E-state index in [1.165, 1.54) is 11.3 Å². The zero-order chi connectivity index (χ0) is 20.5. The number of hydrogen-bond acceptors (Lipinski definition) is 6. The lowest BCUT2D eigenvalue weighted by molar-refractivity contribution is -0.120. The predicted molar refractivity (Wildman–Crippen MR) is 116 cm³/mol. The van der Waals surface area contributed by atoms with Gasteiger partial charge in [-0.3, -0.25) is 14.9 Å². The van der Waals surface area contributed by atoms with Crippen LogP contribution in [0.15, 0.2) is 35.7 Å². The highest BCUT2D eigenvalue weighted by atomic mass is 32.1. The van der Waals surface area contributed by atoms with Crippen LogP contribution in [0.4, 0.5) is 5.13 Å². The van der Waals surface area contributed by atoms with E-state index in [0.29, 0.717) is 22.9 Å². The summed E-state index contributed by atoms with van der Waals surface area (Å²) < 4.78 is 0. The summed E-state index contributed by atoms with van der Waals surface area (Å²) in [5.74, 6) is -0.230. The van der Waals surface area contributed by atoms with E-state index in [9.17, 15) is 9.59 Å². The molecule has 2 heterocycles. The molecule has 29 heavy (non-hydrogen) atoms. The molecule has 1 saturated heterocycles. The lowest BCUT2D eigenvalue weighted by Gasteiger charge is -2.32. The minimum Gasteiger partial charge on any atom is -0.356 e. The van der Waals surface area contributed by atoms with Crippen LogP contribution in [0.25, 0.3) is 0 Å². The Balaban J connectivity index is 1.31. The van der Waals surface area contributed by atoms with Crippen LogP contribution in [0.2, 0.25) is 0 Å². The summed E-state index contributed by atoms with van der Waals surface area (Å²) in [4.78, 5) is 33.5. The van der Waals surface area contributed by atoms with E-state index >= 15 is 0 Å². The van der Waals surface area contributed by atoms with Crippen LogP contribution >= 0.6 is 11.3 Å². The van der Waals surface area contributed by atoms with Gasteiger partial charge in [0.25, 0.3) is 5.91 Å². The zero-order valence-electron chi connectivity index (χ0n) is 16.9. The van der Waals surface area contributed by atoms with Gasteiger partial charge in [0.05, 0.1) is 12.1 Å². The molecule has 0 bridgehead atoms. The van der Waals surface area contributed by atoms with Crippen molar-refractivity contribution in [3.8, 4) is 0 Å². The van der Waals surface area contributed by atoms with Gasteiger partial charge in [0, 0.05) is 43.7 Å². The second kappa shape index (κ2) is 11.0. The molecule has 3 rings (SSSR count). The maximum absolute atomic E-state index is 12.1. The number of unbranched alkanes of at least 4 members (excludes halogenated alkanes) is 1. The number of hydrogen-bond donors (Lipinski definition) is 2. The third kappa shape index (κ3) is 7.23. The summed E-state index contributed by atoms with van der Waals surface area (Å²) in [5.41, 5.74) is 1.26. The molecule has 0 radical (unpaired) electrons. The summed E-state index contributed by atoms with van der Waals surface area (Å²) in [7, 11) is 2.16. The normalized spacial score (nSPS) is 15.2. The highest BCUT2D eigenvalue weighted by molar-refractivity contribution is 7.14. The van der Waals surface area contributed by atoms with Gasteiger partial charge < -0.3 is 15.1 Å². The van der Waals surface area contributed by atoms with Crippen LogP contribution in [-0.2, 0) is 11.2 Å². The van der Waals surface area contributed by atoms with Crippen LogP contribution in [0.5, 0.6) is 0 Å². The number of likely N-dealkylation sites (N-methyl/N-ethyl adjacent to an activating group) is 1. The van der Waals surface area contributed by atoms with Crippen LogP contribution in [0.3, 0.4) is 0 Å². The monoisotopic (exact) mass is 415 g/mol. The summed E-state index contributed by atoms with van der Waals surface area (Å²) in [6.45, 7) is 6.33. The number of carbonyl (C=O) groups is 2. The smallest absolute Gasteiger partial charge is 0.257 e. The van der Waals surface area contributed by atoms with Crippen molar-refractivity contribution < 1.29 is 9.59 Å². The summed E-state index contributed by atoms with van der Waals surface area (Å²) in [6, 6.07) is 9.00. The van der Waals surface area contributed by atoms with Crippen molar-refractivity contribution >= 4 is 28.3 Å². The van der Waals surface area contributed by atoms with Gasteiger partial charge in [-0.25, -0.2) is 4.98 Å². The first-order valence-corrected chi connectivity index (χ1v) is 11.0. The van der Waals surface area contributed by atoms with Crippen molar-refractivity contribution in [1.29, 1.82) is 0 Å². The van der Waals surface area contributed by atoms with Crippen LogP contribution in [0.1, 0.15) is 28.9 Å². The minimum absolute atomic E-state index is 0.0316. The largest absolute Gasteiger partial charge is 0.356 e. The van der Waals surface area contributed by atoms with Gasteiger partial charge in [-0.15, -0.1) is 11.3 Å². The van der Waals surface area contributed by atoms with E-state index in [-0.39, 0.29) is 18.2 Å². The molecular weight excluding hydrogens is 386 g/mol. The van der Waals surface area contributed by atoms with Crippen molar-refractivity contribution in [1.82, 2.24) is 20.1 Å². The highest BCUT2D eigenvalue weighted by Gasteiger charge is 2.13. The second-order valence-electron chi connectivity index (χ2n) is 7.34. The first kappa shape index (κ1) is 21.4. The van der Waals surface area contributed by atoms with Crippen molar-refractivity contribution in [2.75, 3.05) is 51.6 Å². The maximum atomic E-state index is 12.1. The maximum Gasteiger partial charge on any atom is 0.257 e. The molecule has 2 N–H and O–H groups in total. The highest BCUT2D eigenvalue weighted by Crippen LogP contribution is 2.17. The Labute approximate surface area is 176 Å². The van der Waals surface area contributed by atoms with E-state index in [4.69, 9.17) is 0 Å². The van der Waals surface area contributed by atoms with Crippen LogP contribution in [0, 0.1) is 0 Å². The number of nitrogens with zero attached hydrogens (tertiary/aromatic N) is 3. The molecule has 0 spiro atoms. The number of thiazole rings is 1. The molecular formula is C21H29N5O2S. The van der Waals surface area contributed by atoms with E-state index in [0.717, 1.165) is 45.6 Å². The van der Waals surface area contributed by atoms with Crippen molar-refractivity contribution in [2.24, 2.45) is 0 Å². The number of piperazine rings is 1. The van der Waals surface area contributed by atoms with Crippen LogP contribution < -0.4 is 10.6 Å². The van der Waals surface area contributed by atoms with Crippen LogP contribution in [-0.4, -0.2) is 72.9 Å². The lowest BCUT2D eigenvalue weighted by Crippen LogP contribution is -2.44. The van der Waals surface area contributed by atoms with E-state index in [1.54, 1.807) is 12.1 Å². The van der Waals surface area contributed by atoms with Gasteiger partial charge in [0.2, 0.25) is 5.91 Å². The van der Waals surface area contributed by atoms with Gasteiger partial charge in [0.15, 0.2) is 5.13 Å². The standard InChI is InChI=1S/C21H29N5O2S/c1-25-11-13-26(14-12-25)10-6-5-9-22-19(27)15-18-16-29-21(23-18)24-20(28)17-7-3-2-4-8-17/h2-4,7-8,16H,5-6,9-15H2,1H3,(H,22,27)(H,23,24,28). The third-order valence-corrected chi connectivity index (χ3v) is 5.78. The third-order valence-electron chi connectivity index (χ3n) is 4.97. The molecule has 1 aromatic heterocycles. The summed E-state index contributed by atoms with van der Waals surface area (Å²) >= 11 is 1.33. The number of anilines is 1. The van der Waals surface area contributed by atoms with Gasteiger partial charge in [-0.05, 0) is 38.6 Å². The molecule has 2 amide bonds. The van der Waals surface area contributed by atoms with E-state index in [1.807, 2.05) is 23.6 Å². The summed E-state index contributed by atoms with van der Waals surface area (Å²) in [5, 5.41) is 8.06. The van der Waals surface area contributed by atoms with Gasteiger partial charge in [0.1, 0.15) is 0 Å². The number of benzene rings is 1. The van der Waals surface area contributed by atoms with Gasteiger partial charge >= 0.3 is 0 Å². The van der Waals surface area contributed by atoms with Crippen molar-refractivity contribution in [3.63, 3.8) is 0 Å². The Bertz CT molecular complexity index is 787. The fraction of sp³-hybridized carbons (Fsp3) is 0.476. The number of rotatable bonds is 9. The fourth-order valence-corrected chi connectivity index (χ4v) is 3.90. The average molecular weight is 416 g/mol. The molecule has 2 aromatic rings. The Morgan fingerprint density at radius 2 is 1.86 bits per heavy atom. The Morgan fingerprint density at radius 1 is 1.10 bits per heavy atom. The predicted octanol–water partition coefficient (Wildman–Crippen LogP) is 2.08. The molecule has 0 saturated carbocycles. The topological polar surface area (TPSA) is 77.6 Å². The molecule has 1 fully saturated rings. The molecule has 0 aliphatic carbocycles. The summed E-state index contributed by atoms with van der Waals surface area (Å²) in [6.07, 6.45) is 2.31. The zero-order valence-corrected chi connectivity index (χ0v) is 17.7. The Kier molecular flexibility index (Phi) is 8.15. The molecule has 156 valence electrons. The fourth-order valence-electron chi connectivity index (χ4n) is 3.19. The number of aromatic nitrogens is 1. The first-order chi connectivity index (χ1) is 14.1.